The molecule has 2 heterocycles. The summed E-state index contributed by atoms with van der Waals surface area (Å²) in [5.41, 5.74) is 1.76. The van der Waals surface area contributed by atoms with Crippen LogP contribution in [0.5, 0.6) is 5.75 Å². The minimum absolute atomic E-state index is 0.0323. The van der Waals surface area contributed by atoms with Gasteiger partial charge in [0.2, 0.25) is 5.91 Å². The highest BCUT2D eigenvalue weighted by atomic mass is 79.9. The van der Waals surface area contributed by atoms with Gasteiger partial charge in [-0.3, -0.25) is 4.79 Å². The molecule has 1 atom stereocenters. The number of hydrogen-bond acceptors (Lipinski definition) is 4. The molecule has 4 nitrogen and oxygen atoms in total. The molecule has 0 saturated carbocycles. The molecule has 1 amide bonds. The second-order valence-electron chi connectivity index (χ2n) is 4.76. The summed E-state index contributed by atoms with van der Waals surface area (Å²) in [4.78, 5) is 13.1. The molecule has 2 aromatic rings. The van der Waals surface area contributed by atoms with Crippen LogP contribution in [-0.4, -0.2) is 19.6 Å². The number of carbonyl (C=O) groups is 1. The summed E-state index contributed by atoms with van der Waals surface area (Å²) in [5.74, 6) is 0.720. The molecule has 6 heteroatoms. The fourth-order valence-corrected chi connectivity index (χ4v) is 3.54. The zero-order valence-electron chi connectivity index (χ0n) is 11.5. The van der Waals surface area contributed by atoms with Crippen LogP contribution in [0.3, 0.4) is 0 Å². The van der Waals surface area contributed by atoms with Gasteiger partial charge in [0.05, 0.1) is 11.1 Å². The van der Waals surface area contributed by atoms with Crippen molar-refractivity contribution in [3.63, 3.8) is 0 Å². The molecule has 110 valence electrons. The van der Waals surface area contributed by atoms with Crippen molar-refractivity contribution >= 4 is 38.9 Å². The Labute approximate surface area is 135 Å². The Morgan fingerprint density at radius 2 is 2.33 bits per heavy atom. The Balaban J connectivity index is 1.72. The molecule has 0 bridgehead atoms. The van der Waals surface area contributed by atoms with E-state index in [1.807, 2.05) is 18.2 Å². The number of rotatable bonds is 5. The van der Waals surface area contributed by atoms with E-state index in [0.717, 1.165) is 27.9 Å². The molecule has 0 fully saturated rings. The third-order valence-electron chi connectivity index (χ3n) is 3.41. The van der Waals surface area contributed by atoms with E-state index in [1.165, 1.54) is 4.88 Å². The van der Waals surface area contributed by atoms with E-state index >= 15 is 0 Å². The number of thiophene rings is 1. The smallest absolute Gasteiger partial charge is 0.246 e. The van der Waals surface area contributed by atoms with E-state index in [2.05, 4.69) is 38.0 Å². The lowest BCUT2D eigenvalue weighted by Gasteiger charge is -2.11. The number of ether oxygens (including phenoxy) is 1. The number of fused-ring (bicyclic) bond motifs is 1. The molecular weight excluding hydrogens is 352 g/mol. The Morgan fingerprint density at radius 3 is 3.05 bits per heavy atom. The molecule has 1 aliphatic heterocycles. The summed E-state index contributed by atoms with van der Waals surface area (Å²) >= 11 is 5.25. The summed E-state index contributed by atoms with van der Waals surface area (Å²) in [6.07, 6.45) is 0.882. The van der Waals surface area contributed by atoms with Crippen LogP contribution < -0.4 is 15.4 Å². The minimum atomic E-state index is -0.295. The first-order chi connectivity index (χ1) is 10.2. The van der Waals surface area contributed by atoms with Crippen molar-refractivity contribution in [1.82, 2.24) is 5.32 Å². The van der Waals surface area contributed by atoms with Crippen LogP contribution >= 0.6 is 27.3 Å². The van der Waals surface area contributed by atoms with Gasteiger partial charge in [0.25, 0.3) is 0 Å². The number of hydrogen-bond donors (Lipinski definition) is 2. The predicted octanol–water partition coefficient (Wildman–Crippen LogP) is 3.34. The van der Waals surface area contributed by atoms with Crippen LogP contribution in [0, 0.1) is 0 Å². The van der Waals surface area contributed by atoms with E-state index in [1.54, 1.807) is 18.4 Å². The van der Waals surface area contributed by atoms with Gasteiger partial charge in [-0.2, -0.15) is 0 Å². The monoisotopic (exact) mass is 366 g/mol. The first-order valence-corrected chi connectivity index (χ1v) is 8.33. The molecule has 1 aromatic carbocycles. The molecule has 1 unspecified atom stereocenters. The minimum Gasteiger partial charge on any atom is -0.492 e. The normalized spacial score (nSPS) is 16.7. The van der Waals surface area contributed by atoms with Crippen LogP contribution in [0.1, 0.15) is 16.5 Å². The van der Waals surface area contributed by atoms with E-state index < -0.39 is 0 Å². The van der Waals surface area contributed by atoms with E-state index in [4.69, 9.17) is 4.74 Å². The van der Waals surface area contributed by atoms with Crippen LogP contribution in [0.4, 0.5) is 5.69 Å². The maximum atomic E-state index is 11.8. The zero-order valence-corrected chi connectivity index (χ0v) is 13.9. The number of carbonyl (C=O) groups excluding carboxylic acids is 1. The molecule has 1 aromatic heterocycles. The number of nitrogens with one attached hydrogen (secondary N) is 2. The quantitative estimate of drug-likeness (QED) is 0.852. The Hall–Kier alpha value is -1.37. The van der Waals surface area contributed by atoms with Gasteiger partial charge in [-0.15, -0.1) is 11.3 Å². The van der Waals surface area contributed by atoms with Crippen molar-refractivity contribution in [3.8, 4) is 5.75 Å². The highest BCUT2D eigenvalue weighted by Gasteiger charge is 2.30. The molecule has 2 N–H and O–H groups in total. The fourth-order valence-electron chi connectivity index (χ4n) is 2.38. The highest BCUT2D eigenvalue weighted by Crippen LogP contribution is 2.38. The SMILES string of the molecule is CNC1C(=O)Nc2cc(OCCc3cccs3)c(Br)cc21. The Bertz CT molecular complexity index is 658. The summed E-state index contributed by atoms with van der Waals surface area (Å²) in [5, 5.41) is 7.94. The third kappa shape index (κ3) is 2.97. The van der Waals surface area contributed by atoms with Crippen LogP contribution in [0.25, 0.3) is 0 Å². The van der Waals surface area contributed by atoms with Crippen molar-refractivity contribution < 1.29 is 9.53 Å². The van der Waals surface area contributed by atoms with Crippen LogP contribution in [0.2, 0.25) is 0 Å². The molecular formula is C15H15BrN2O2S. The van der Waals surface area contributed by atoms with Gasteiger partial charge in [-0.1, -0.05) is 6.07 Å². The van der Waals surface area contributed by atoms with Gasteiger partial charge < -0.3 is 15.4 Å². The maximum Gasteiger partial charge on any atom is 0.246 e. The van der Waals surface area contributed by atoms with Crippen molar-refractivity contribution in [1.29, 1.82) is 0 Å². The first-order valence-electron chi connectivity index (χ1n) is 6.66. The molecule has 0 saturated heterocycles. The lowest BCUT2D eigenvalue weighted by molar-refractivity contribution is -0.117. The average molecular weight is 367 g/mol. The van der Waals surface area contributed by atoms with Gasteiger partial charge in [-0.05, 0) is 40.5 Å². The Kier molecular flexibility index (Phi) is 4.28. The average Bonchev–Trinajstić information content (AvgIpc) is 3.06. The number of halogens is 1. The topological polar surface area (TPSA) is 50.4 Å². The maximum absolute atomic E-state index is 11.8. The summed E-state index contributed by atoms with van der Waals surface area (Å²) in [6, 6.07) is 7.66. The third-order valence-corrected chi connectivity index (χ3v) is 4.97. The summed E-state index contributed by atoms with van der Waals surface area (Å²) in [6.45, 7) is 0.612. The fraction of sp³-hybridized carbons (Fsp3) is 0.267. The lowest BCUT2D eigenvalue weighted by Crippen LogP contribution is -2.23. The molecule has 3 rings (SSSR count). The van der Waals surface area contributed by atoms with E-state index in [9.17, 15) is 4.79 Å². The number of benzene rings is 1. The van der Waals surface area contributed by atoms with Gasteiger partial charge in [-0.25, -0.2) is 0 Å². The molecule has 0 radical (unpaired) electrons. The second-order valence-corrected chi connectivity index (χ2v) is 6.65. The number of likely N-dealkylation sites (N-methyl/N-ethyl adjacent to an activating group) is 1. The molecule has 1 aliphatic rings. The molecule has 0 spiro atoms. The number of anilines is 1. The zero-order chi connectivity index (χ0) is 14.8. The lowest BCUT2D eigenvalue weighted by atomic mass is 10.1. The Morgan fingerprint density at radius 1 is 1.48 bits per heavy atom. The van der Waals surface area contributed by atoms with Crippen molar-refractivity contribution in [2.45, 2.75) is 12.5 Å². The van der Waals surface area contributed by atoms with Crippen molar-refractivity contribution in [2.75, 3.05) is 19.0 Å². The van der Waals surface area contributed by atoms with Crippen molar-refractivity contribution in [3.05, 3.63) is 44.6 Å². The van der Waals surface area contributed by atoms with E-state index in [-0.39, 0.29) is 11.9 Å². The second kappa shape index (κ2) is 6.17. The van der Waals surface area contributed by atoms with Gasteiger partial charge in [0.15, 0.2) is 0 Å². The summed E-state index contributed by atoms with van der Waals surface area (Å²) < 4.78 is 6.69. The number of amides is 1. The van der Waals surface area contributed by atoms with Gasteiger partial charge in [0.1, 0.15) is 11.8 Å². The van der Waals surface area contributed by atoms with Gasteiger partial charge >= 0.3 is 0 Å². The predicted molar refractivity (Wildman–Crippen MR) is 88.1 cm³/mol. The van der Waals surface area contributed by atoms with E-state index in [0.29, 0.717) is 6.61 Å². The highest BCUT2D eigenvalue weighted by molar-refractivity contribution is 9.10. The molecule has 0 aliphatic carbocycles. The standard InChI is InChI=1S/C15H15BrN2O2S/c1-17-14-10-7-11(16)13(8-12(10)18-15(14)19)20-5-4-9-3-2-6-21-9/h2-3,6-8,14,17H,4-5H2,1H3,(H,18,19). The van der Waals surface area contributed by atoms with Gasteiger partial charge in [0, 0.05) is 28.6 Å². The summed E-state index contributed by atoms with van der Waals surface area (Å²) in [7, 11) is 1.78. The van der Waals surface area contributed by atoms with Crippen LogP contribution in [0.15, 0.2) is 34.1 Å². The van der Waals surface area contributed by atoms with Crippen molar-refractivity contribution in [2.24, 2.45) is 0 Å². The molecule has 21 heavy (non-hydrogen) atoms. The largest absolute Gasteiger partial charge is 0.492 e. The van der Waals surface area contributed by atoms with Crippen LogP contribution in [-0.2, 0) is 11.2 Å². The first kappa shape index (κ1) is 14.6.